The third-order valence-electron chi connectivity index (χ3n) is 4.25. The number of aromatic nitrogens is 4. The van der Waals surface area contributed by atoms with Crippen LogP contribution in [0.2, 0.25) is 0 Å². The van der Waals surface area contributed by atoms with Crippen LogP contribution < -0.4 is 5.56 Å². The Morgan fingerprint density at radius 1 is 1.39 bits per heavy atom. The van der Waals surface area contributed by atoms with E-state index in [9.17, 15) is 9.59 Å². The molecule has 3 heterocycles. The van der Waals surface area contributed by atoms with E-state index in [0.717, 1.165) is 18.7 Å². The van der Waals surface area contributed by atoms with Crippen LogP contribution in [-0.2, 0) is 19.5 Å². The average Bonchev–Trinajstić information content (AvgIpc) is 2.87. The van der Waals surface area contributed by atoms with Crippen molar-refractivity contribution >= 4 is 5.91 Å². The maximum absolute atomic E-state index is 12.8. The van der Waals surface area contributed by atoms with Gasteiger partial charge in [-0.1, -0.05) is 6.92 Å². The molecule has 0 saturated carbocycles. The SMILES string of the molecule is CCCn1ncc(C(=O)N2CCc3c(nc(C)[nH]c3=O)C2)c1C. The van der Waals surface area contributed by atoms with Gasteiger partial charge in [0.25, 0.3) is 11.5 Å². The number of H-pyrrole nitrogens is 1. The van der Waals surface area contributed by atoms with Crippen molar-refractivity contribution in [1.82, 2.24) is 24.6 Å². The van der Waals surface area contributed by atoms with Crippen molar-refractivity contribution in [3.8, 4) is 0 Å². The van der Waals surface area contributed by atoms with Crippen LogP contribution in [0.25, 0.3) is 0 Å². The Labute approximate surface area is 134 Å². The van der Waals surface area contributed by atoms with Crippen molar-refractivity contribution in [2.24, 2.45) is 0 Å². The summed E-state index contributed by atoms with van der Waals surface area (Å²) in [5.74, 6) is 0.533. The number of carbonyl (C=O) groups is 1. The summed E-state index contributed by atoms with van der Waals surface area (Å²) >= 11 is 0. The van der Waals surface area contributed by atoms with Crippen molar-refractivity contribution in [3.63, 3.8) is 0 Å². The molecule has 1 aliphatic heterocycles. The van der Waals surface area contributed by atoms with Crippen molar-refractivity contribution in [1.29, 1.82) is 0 Å². The van der Waals surface area contributed by atoms with Gasteiger partial charge in [-0.05, 0) is 26.7 Å². The predicted octanol–water partition coefficient (Wildman–Crippen LogP) is 1.19. The van der Waals surface area contributed by atoms with E-state index < -0.39 is 0 Å². The van der Waals surface area contributed by atoms with Crippen LogP contribution in [0.1, 0.15) is 46.5 Å². The average molecular weight is 315 g/mol. The maximum atomic E-state index is 12.8. The molecule has 1 N–H and O–H groups in total. The molecule has 0 aromatic carbocycles. The van der Waals surface area contributed by atoms with Gasteiger partial charge in [0.2, 0.25) is 0 Å². The molecule has 3 rings (SSSR count). The van der Waals surface area contributed by atoms with Gasteiger partial charge in [0, 0.05) is 24.3 Å². The first-order valence-corrected chi connectivity index (χ1v) is 7.91. The second-order valence-corrected chi connectivity index (χ2v) is 5.92. The molecule has 0 aliphatic carbocycles. The van der Waals surface area contributed by atoms with Gasteiger partial charge in [-0.3, -0.25) is 14.3 Å². The molecule has 0 fully saturated rings. The number of aromatic amines is 1. The third-order valence-corrected chi connectivity index (χ3v) is 4.25. The number of rotatable bonds is 3. The number of amides is 1. The Morgan fingerprint density at radius 3 is 2.91 bits per heavy atom. The summed E-state index contributed by atoms with van der Waals surface area (Å²) in [4.78, 5) is 33.6. The van der Waals surface area contributed by atoms with Gasteiger partial charge in [0.1, 0.15) is 5.82 Å². The maximum Gasteiger partial charge on any atom is 0.257 e. The number of nitrogens with one attached hydrogen (secondary N) is 1. The smallest absolute Gasteiger partial charge is 0.257 e. The monoisotopic (exact) mass is 315 g/mol. The Balaban J connectivity index is 1.86. The zero-order chi connectivity index (χ0) is 16.6. The normalized spacial score (nSPS) is 14.0. The molecule has 2 aromatic rings. The van der Waals surface area contributed by atoms with E-state index in [1.165, 1.54) is 0 Å². The van der Waals surface area contributed by atoms with Gasteiger partial charge in [-0.15, -0.1) is 0 Å². The number of nitrogens with zero attached hydrogens (tertiary/aromatic N) is 4. The molecule has 7 heteroatoms. The lowest BCUT2D eigenvalue weighted by molar-refractivity contribution is 0.0730. The highest BCUT2D eigenvalue weighted by atomic mass is 16.2. The van der Waals surface area contributed by atoms with Gasteiger partial charge >= 0.3 is 0 Å². The summed E-state index contributed by atoms with van der Waals surface area (Å²) < 4.78 is 1.86. The standard InChI is InChI=1S/C16H21N5O2/c1-4-6-21-10(2)13(8-17-21)16(23)20-7-5-12-14(9-20)18-11(3)19-15(12)22/h8H,4-7,9H2,1-3H3,(H,18,19,22). The van der Waals surface area contributed by atoms with Crippen LogP contribution in [0.5, 0.6) is 0 Å². The van der Waals surface area contributed by atoms with Crippen LogP contribution in [-0.4, -0.2) is 37.1 Å². The topological polar surface area (TPSA) is 83.9 Å². The number of hydrogen-bond donors (Lipinski definition) is 1. The number of aryl methyl sites for hydroxylation is 2. The highest BCUT2D eigenvalue weighted by molar-refractivity contribution is 5.95. The van der Waals surface area contributed by atoms with Crippen molar-refractivity contribution < 1.29 is 4.79 Å². The highest BCUT2D eigenvalue weighted by Gasteiger charge is 2.26. The first-order valence-electron chi connectivity index (χ1n) is 7.91. The van der Waals surface area contributed by atoms with E-state index in [-0.39, 0.29) is 11.5 Å². The van der Waals surface area contributed by atoms with Crippen molar-refractivity contribution in [3.05, 3.63) is 44.9 Å². The Morgan fingerprint density at radius 2 is 2.17 bits per heavy atom. The number of hydrogen-bond acceptors (Lipinski definition) is 4. The predicted molar refractivity (Wildman–Crippen MR) is 85.3 cm³/mol. The molecule has 122 valence electrons. The van der Waals surface area contributed by atoms with Gasteiger partial charge < -0.3 is 9.88 Å². The lowest BCUT2D eigenvalue weighted by Crippen LogP contribution is -2.39. The van der Waals surface area contributed by atoms with Gasteiger partial charge in [0.05, 0.1) is 24.0 Å². The van der Waals surface area contributed by atoms with Crippen LogP contribution in [0, 0.1) is 13.8 Å². The minimum absolute atomic E-state index is 0.0461. The van der Waals surface area contributed by atoms with Gasteiger partial charge in [-0.2, -0.15) is 5.10 Å². The molecule has 1 amide bonds. The third kappa shape index (κ3) is 2.78. The fourth-order valence-corrected chi connectivity index (χ4v) is 3.00. The molecule has 0 radical (unpaired) electrons. The number of carbonyl (C=O) groups excluding carboxylic acids is 1. The molecular formula is C16H21N5O2. The Hall–Kier alpha value is -2.44. The molecule has 23 heavy (non-hydrogen) atoms. The summed E-state index contributed by atoms with van der Waals surface area (Å²) in [5.41, 5.74) is 2.82. The second-order valence-electron chi connectivity index (χ2n) is 5.92. The fourth-order valence-electron chi connectivity index (χ4n) is 3.00. The van der Waals surface area contributed by atoms with E-state index in [2.05, 4.69) is 22.0 Å². The summed E-state index contributed by atoms with van der Waals surface area (Å²) in [5, 5.41) is 4.29. The molecule has 7 nitrogen and oxygen atoms in total. The van der Waals surface area contributed by atoms with E-state index in [0.29, 0.717) is 42.2 Å². The summed E-state index contributed by atoms with van der Waals surface area (Å²) in [6.07, 6.45) is 3.14. The molecule has 2 aromatic heterocycles. The van der Waals surface area contributed by atoms with Gasteiger partial charge in [0.15, 0.2) is 0 Å². The van der Waals surface area contributed by atoms with Crippen LogP contribution in [0.15, 0.2) is 11.0 Å². The summed E-state index contributed by atoms with van der Waals surface area (Å²) in [6, 6.07) is 0. The first-order chi connectivity index (χ1) is 11.0. The molecule has 0 atom stereocenters. The lowest BCUT2D eigenvalue weighted by Gasteiger charge is -2.27. The molecule has 0 spiro atoms. The Bertz CT molecular complexity index is 805. The quantitative estimate of drug-likeness (QED) is 0.922. The first kappa shape index (κ1) is 15.5. The van der Waals surface area contributed by atoms with Crippen molar-refractivity contribution in [2.75, 3.05) is 6.54 Å². The van der Waals surface area contributed by atoms with Crippen LogP contribution in [0.4, 0.5) is 0 Å². The van der Waals surface area contributed by atoms with Crippen LogP contribution >= 0.6 is 0 Å². The minimum Gasteiger partial charge on any atom is -0.332 e. The zero-order valence-electron chi connectivity index (χ0n) is 13.7. The van der Waals surface area contributed by atoms with Gasteiger partial charge in [-0.25, -0.2) is 4.98 Å². The summed E-state index contributed by atoms with van der Waals surface area (Å²) in [7, 11) is 0. The largest absolute Gasteiger partial charge is 0.332 e. The fraction of sp³-hybridized carbons (Fsp3) is 0.500. The summed E-state index contributed by atoms with van der Waals surface area (Å²) in [6.45, 7) is 7.45. The van der Waals surface area contributed by atoms with E-state index in [4.69, 9.17) is 0 Å². The minimum atomic E-state index is -0.0912. The lowest BCUT2D eigenvalue weighted by atomic mass is 10.1. The van der Waals surface area contributed by atoms with Crippen LogP contribution in [0.3, 0.4) is 0 Å². The van der Waals surface area contributed by atoms with E-state index in [1.807, 2.05) is 11.6 Å². The Kier molecular flexibility index (Phi) is 4.02. The molecule has 0 bridgehead atoms. The van der Waals surface area contributed by atoms with E-state index in [1.54, 1.807) is 18.0 Å². The zero-order valence-corrected chi connectivity index (χ0v) is 13.7. The molecule has 1 aliphatic rings. The van der Waals surface area contributed by atoms with Crippen molar-refractivity contribution in [2.45, 2.75) is 46.7 Å². The number of fused-ring (bicyclic) bond motifs is 1. The molecular weight excluding hydrogens is 294 g/mol. The molecule has 0 unspecified atom stereocenters. The molecule has 0 saturated heterocycles. The van der Waals surface area contributed by atoms with E-state index >= 15 is 0 Å². The highest BCUT2D eigenvalue weighted by Crippen LogP contribution is 2.18. The second kappa shape index (κ2) is 5.98.